The van der Waals surface area contributed by atoms with Gasteiger partial charge >= 0.3 is 0 Å². The number of hydrazine groups is 1. The molecule has 0 unspecified atom stereocenters. The van der Waals surface area contributed by atoms with Crippen molar-refractivity contribution in [2.45, 2.75) is 110 Å². The standard InChI is InChI=1S/C22H45N3O/c1-2-3-4-5-6-7-8-9-10-11-12-13-14-15-16-17-22(26)24-25-20-18-23-19-21-25/h23H,2-21H2,1H3,(H,24,26). The lowest BCUT2D eigenvalue weighted by Crippen LogP contribution is -2.52. The highest BCUT2D eigenvalue weighted by molar-refractivity contribution is 5.75. The summed E-state index contributed by atoms with van der Waals surface area (Å²) in [7, 11) is 0. The van der Waals surface area contributed by atoms with E-state index in [-0.39, 0.29) is 5.91 Å². The molecule has 0 aromatic heterocycles. The number of unbranched alkanes of at least 4 members (excludes halogenated alkanes) is 14. The van der Waals surface area contributed by atoms with E-state index >= 15 is 0 Å². The number of nitrogens with one attached hydrogen (secondary N) is 2. The highest BCUT2D eigenvalue weighted by atomic mass is 16.2. The first-order chi connectivity index (χ1) is 12.8. The Balaban J connectivity index is 1.73. The van der Waals surface area contributed by atoms with Crippen molar-refractivity contribution in [3.63, 3.8) is 0 Å². The number of carbonyl (C=O) groups excluding carboxylic acids is 1. The molecule has 2 N–H and O–H groups in total. The van der Waals surface area contributed by atoms with E-state index < -0.39 is 0 Å². The third-order valence-corrected chi connectivity index (χ3v) is 5.41. The van der Waals surface area contributed by atoms with E-state index in [1.807, 2.05) is 5.01 Å². The minimum atomic E-state index is 0.196. The van der Waals surface area contributed by atoms with E-state index in [0.717, 1.165) is 32.6 Å². The van der Waals surface area contributed by atoms with Crippen LogP contribution in [0.4, 0.5) is 0 Å². The van der Waals surface area contributed by atoms with Crippen LogP contribution in [-0.2, 0) is 4.79 Å². The summed E-state index contributed by atoms with van der Waals surface area (Å²) in [6.45, 7) is 6.07. The molecule has 0 aromatic carbocycles. The lowest BCUT2D eigenvalue weighted by atomic mass is 10.0. The van der Waals surface area contributed by atoms with Crippen molar-refractivity contribution in [3.05, 3.63) is 0 Å². The molecule has 1 aliphatic rings. The van der Waals surface area contributed by atoms with Crippen LogP contribution >= 0.6 is 0 Å². The number of nitrogens with zero attached hydrogens (tertiary/aromatic N) is 1. The molecule has 0 spiro atoms. The van der Waals surface area contributed by atoms with Crippen molar-refractivity contribution in [2.75, 3.05) is 26.2 Å². The largest absolute Gasteiger partial charge is 0.314 e. The summed E-state index contributed by atoms with van der Waals surface area (Å²) in [6, 6.07) is 0. The van der Waals surface area contributed by atoms with Gasteiger partial charge in [-0.3, -0.25) is 10.2 Å². The topological polar surface area (TPSA) is 44.4 Å². The SMILES string of the molecule is CCCCCCCCCCCCCCCCCC(=O)NN1CCNCC1. The molecule has 0 aliphatic carbocycles. The van der Waals surface area contributed by atoms with Crippen LogP contribution in [0, 0.1) is 0 Å². The van der Waals surface area contributed by atoms with Crippen molar-refractivity contribution in [3.8, 4) is 0 Å². The molecule has 1 heterocycles. The third kappa shape index (κ3) is 14.5. The Bertz CT molecular complexity index is 317. The molecule has 0 saturated carbocycles. The second-order valence-electron chi connectivity index (χ2n) is 7.97. The molecule has 0 aromatic rings. The molecule has 26 heavy (non-hydrogen) atoms. The Morgan fingerprint density at radius 3 is 1.62 bits per heavy atom. The van der Waals surface area contributed by atoms with Crippen LogP contribution < -0.4 is 10.7 Å². The van der Waals surface area contributed by atoms with Crippen LogP contribution in [0.3, 0.4) is 0 Å². The summed E-state index contributed by atoms with van der Waals surface area (Å²) in [6.07, 6.45) is 21.2. The van der Waals surface area contributed by atoms with Crippen molar-refractivity contribution in [1.82, 2.24) is 15.8 Å². The summed E-state index contributed by atoms with van der Waals surface area (Å²) < 4.78 is 0. The van der Waals surface area contributed by atoms with Gasteiger partial charge in [-0.1, -0.05) is 96.8 Å². The summed E-state index contributed by atoms with van der Waals surface area (Å²) >= 11 is 0. The molecule has 1 aliphatic heterocycles. The first kappa shape index (κ1) is 23.4. The quantitative estimate of drug-likeness (QED) is 0.348. The van der Waals surface area contributed by atoms with Crippen LogP contribution in [-0.4, -0.2) is 37.1 Å². The zero-order valence-corrected chi connectivity index (χ0v) is 17.5. The molecular weight excluding hydrogens is 322 g/mol. The lowest BCUT2D eigenvalue weighted by Gasteiger charge is -2.27. The van der Waals surface area contributed by atoms with Gasteiger partial charge in [-0.25, -0.2) is 5.01 Å². The molecule has 1 amide bonds. The maximum Gasteiger partial charge on any atom is 0.234 e. The van der Waals surface area contributed by atoms with E-state index in [1.54, 1.807) is 0 Å². The van der Waals surface area contributed by atoms with Gasteiger partial charge in [0.2, 0.25) is 5.91 Å². The highest BCUT2D eigenvalue weighted by Crippen LogP contribution is 2.13. The first-order valence-corrected chi connectivity index (χ1v) is 11.6. The number of hydrogen-bond donors (Lipinski definition) is 2. The average molecular weight is 368 g/mol. The average Bonchev–Trinajstić information content (AvgIpc) is 2.65. The molecule has 1 saturated heterocycles. The summed E-state index contributed by atoms with van der Waals surface area (Å²) in [5, 5.41) is 5.34. The Hall–Kier alpha value is -0.610. The molecule has 4 nitrogen and oxygen atoms in total. The molecule has 0 atom stereocenters. The summed E-state index contributed by atoms with van der Waals surface area (Å²) in [5.41, 5.74) is 3.02. The number of piperazine rings is 1. The fourth-order valence-electron chi connectivity index (χ4n) is 3.67. The van der Waals surface area contributed by atoms with Gasteiger partial charge in [0, 0.05) is 32.6 Å². The van der Waals surface area contributed by atoms with Gasteiger partial charge < -0.3 is 5.32 Å². The van der Waals surface area contributed by atoms with E-state index in [1.165, 1.54) is 89.9 Å². The van der Waals surface area contributed by atoms with Crippen LogP contribution in [0.1, 0.15) is 110 Å². The number of carbonyl (C=O) groups is 1. The maximum absolute atomic E-state index is 11.9. The van der Waals surface area contributed by atoms with Crippen molar-refractivity contribution in [1.29, 1.82) is 0 Å². The van der Waals surface area contributed by atoms with E-state index in [9.17, 15) is 4.79 Å². The molecule has 0 bridgehead atoms. The van der Waals surface area contributed by atoms with Crippen LogP contribution in [0.15, 0.2) is 0 Å². The Labute approximate surface area is 162 Å². The van der Waals surface area contributed by atoms with Gasteiger partial charge in [0.05, 0.1) is 0 Å². The van der Waals surface area contributed by atoms with Gasteiger partial charge in [0.25, 0.3) is 0 Å². The lowest BCUT2D eigenvalue weighted by molar-refractivity contribution is -0.126. The van der Waals surface area contributed by atoms with Gasteiger partial charge in [-0.2, -0.15) is 0 Å². The summed E-state index contributed by atoms with van der Waals surface area (Å²) in [4.78, 5) is 11.9. The first-order valence-electron chi connectivity index (χ1n) is 11.6. The van der Waals surface area contributed by atoms with Gasteiger partial charge in [0.15, 0.2) is 0 Å². The maximum atomic E-state index is 11.9. The highest BCUT2D eigenvalue weighted by Gasteiger charge is 2.11. The zero-order valence-electron chi connectivity index (χ0n) is 17.5. The van der Waals surface area contributed by atoms with E-state index in [4.69, 9.17) is 0 Å². The smallest absolute Gasteiger partial charge is 0.234 e. The normalized spacial score (nSPS) is 15.3. The van der Waals surface area contributed by atoms with Crippen LogP contribution in [0.2, 0.25) is 0 Å². The number of amides is 1. The minimum Gasteiger partial charge on any atom is -0.314 e. The van der Waals surface area contributed by atoms with E-state index in [0.29, 0.717) is 6.42 Å². The van der Waals surface area contributed by atoms with E-state index in [2.05, 4.69) is 17.7 Å². The monoisotopic (exact) mass is 367 g/mol. The van der Waals surface area contributed by atoms with Crippen LogP contribution in [0.25, 0.3) is 0 Å². The minimum absolute atomic E-state index is 0.196. The molecular formula is C22H45N3O. The summed E-state index contributed by atoms with van der Waals surface area (Å²) in [5.74, 6) is 0.196. The molecule has 1 rings (SSSR count). The predicted octanol–water partition coefficient (Wildman–Crippen LogP) is 5.18. The molecule has 154 valence electrons. The van der Waals surface area contributed by atoms with Crippen molar-refractivity contribution in [2.24, 2.45) is 0 Å². The van der Waals surface area contributed by atoms with Gasteiger partial charge in [0.1, 0.15) is 0 Å². The number of hydrogen-bond acceptors (Lipinski definition) is 3. The van der Waals surface area contributed by atoms with Crippen LogP contribution in [0.5, 0.6) is 0 Å². The second kappa shape index (κ2) is 17.8. The van der Waals surface area contributed by atoms with Crippen molar-refractivity contribution < 1.29 is 4.79 Å². The molecule has 1 fully saturated rings. The fourth-order valence-corrected chi connectivity index (χ4v) is 3.67. The Morgan fingerprint density at radius 2 is 1.15 bits per heavy atom. The zero-order chi connectivity index (χ0) is 18.7. The predicted molar refractivity (Wildman–Crippen MR) is 112 cm³/mol. The second-order valence-corrected chi connectivity index (χ2v) is 7.97. The molecule has 4 heteroatoms. The number of rotatable bonds is 17. The van der Waals surface area contributed by atoms with Gasteiger partial charge in [-0.05, 0) is 6.42 Å². The Kier molecular flexibility index (Phi) is 16.0. The van der Waals surface area contributed by atoms with Crippen molar-refractivity contribution >= 4 is 5.91 Å². The molecule has 0 radical (unpaired) electrons. The third-order valence-electron chi connectivity index (χ3n) is 5.41. The fraction of sp³-hybridized carbons (Fsp3) is 0.955. The van der Waals surface area contributed by atoms with Gasteiger partial charge in [-0.15, -0.1) is 0 Å². The Morgan fingerprint density at radius 1 is 0.731 bits per heavy atom.